The zero-order chi connectivity index (χ0) is 13.3. The SMILES string of the molecule is COc1c(I)cc(I)cc1C=C1SC(=S)NC1=O. The van der Waals surface area contributed by atoms with Gasteiger partial charge in [-0.05, 0) is 63.4 Å². The van der Waals surface area contributed by atoms with Crippen LogP contribution in [0.5, 0.6) is 5.75 Å². The van der Waals surface area contributed by atoms with Crippen molar-refractivity contribution >= 4 is 85.5 Å². The third-order valence-corrected chi connectivity index (χ3v) is 4.76. The Morgan fingerprint density at radius 2 is 2.17 bits per heavy atom. The van der Waals surface area contributed by atoms with Crippen LogP contribution in [0.25, 0.3) is 6.08 Å². The summed E-state index contributed by atoms with van der Waals surface area (Å²) in [6, 6.07) is 4.00. The molecule has 0 aromatic heterocycles. The fourth-order valence-electron chi connectivity index (χ4n) is 1.47. The van der Waals surface area contributed by atoms with Crippen LogP contribution in [0.1, 0.15) is 5.56 Å². The highest BCUT2D eigenvalue weighted by Gasteiger charge is 2.22. The molecular formula is C11H7I2NO2S2. The van der Waals surface area contributed by atoms with Crippen molar-refractivity contribution < 1.29 is 9.53 Å². The number of amides is 1. The lowest BCUT2D eigenvalue weighted by atomic mass is 10.2. The molecule has 0 spiro atoms. The second-order valence-corrected chi connectivity index (χ2v) is 7.49. The van der Waals surface area contributed by atoms with Crippen molar-refractivity contribution in [3.63, 3.8) is 0 Å². The van der Waals surface area contributed by atoms with Gasteiger partial charge in [-0.2, -0.15) is 0 Å². The molecule has 0 saturated carbocycles. The maximum atomic E-state index is 11.6. The number of hydrogen-bond acceptors (Lipinski definition) is 4. The molecule has 94 valence electrons. The minimum absolute atomic E-state index is 0.152. The van der Waals surface area contributed by atoms with Gasteiger partial charge in [-0.1, -0.05) is 24.0 Å². The van der Waals surface area contributed by atoms with E-state index in [2.05, 4.69) is 50.5 Å². The fourth-order valence-corrected chi connectivity index (χ4v) is 4.61. The van der Waals surface area contributed by atoms with Crippen molar-refractivity contribution in [2.75, 3.05) is 7.11 Å². The first-order valence-corrected chi connectivity index (χ1v) is 8.17. The highest BCUT2D eigenvalue weighted by Crippen LogP contribution is 2.33. The molecule has 2 rings (SSSR count). The average molecular weight is 503 g/mol. The number of thiocarbonyl (C=S) groups is 1. The first-order valence-electron chi connectivity index (χ1n) is 4.79. The Balaban J connectivity index is 2.48. The molecule has 3 nitrogen and oxygen atoms in total. The lowest BCUT2D eigenvalue weighted by Crippen LogP contribution is -2.17. The summed E-state index contributed by atoms with van der Waals surface area (Å²) in [6.45, 7) is 0. The largest absolute Gasteiger partial charge is 0.495 e. The van der Waals surface area contributed by atoms with Gasteiger partial charge in [0.1, 0.15) is 10.1 Å². The van der Waals surface area contributed by atoms with Gasteiger partial charge in [0.15, 0.2) is 0 Å². The monoisotopic (exact) mass is 503 g/mol. The van der Waals surface area contributed by atoms with E-state index in [1.54, 1.807) is 7.11 Å². The normalized spacial score (nSPS) is 17.2. The van der Waals surface area contributed by atoms with Crippen molar-refractivity contribution in [2.24, 2.45) is 0 Å². The third-order valence-electron chi connectivity index (χ3n) is 2.17. The smallest absolute Gasteiger partial charge is 0.263 e. The summed E-state index contributed by atoms with van der Waals surface area (Å²) in [7, 11) is 1.62. The molecule has 18 heavy (non-hydrogen) atoms. The van der Waals surface area contributed by atoms with E-state index in [0.29, 0.717) is 9.23 Å². The van der Waals surface area contributed by atoms with Gasteiger partial charge in [-0.15, -0.1) is 0 Å². The number of ether oxygens (including phenoxy) is 1. The molecule has 0 aliphatic carbocycles. The quantitative estimate of drug-likeness (QED) is 0.382. The molecule has 0 unspecified atom stereocenters. The lowest BCUT2D eigenvalue weighted by molar-refractivity contribution is -0.115. The second kappa shape index (κ2) is 6.06. The van der Waals surface area contributed by atoms with Crippen LogP contribution in [-0.4, -0.2) is 17.3 Å². The molecule has 7 heteroatoms. The first-order chi connectivity index (χ1) is 8.51. The second-order valence-electron chi connectivity index (χ2n) is 3.36. The van der Waals surface area contributed by atoms with E-state index in [-0.39, 0.29) is 5.91 Å². The molecule has 1 amide bonds. The van der Waals surface area contributed by atoms with Crippen molar-refractivity contribution in [3.05, 3.63) is 29.7 Å². The van der Waals surface area contributed by atoms with Crippen LogP contribution >= 0.6 is 69.2 Å². The molecule has 0 radical (unpaired) electrons. The standard InChI is InChI=1S/C11H7I2NO2S2/c1-16-9-5(2-6(12)4-7(9)13)3-8-10(15)14-11(17)18-8/h2-4H,1H3,(H,14,15,17). The average Bonchev–Trinajstić information content (AvgIpc) is 2.57. The number of nitrogens with one attached hydrogen (secondary N) is 1. The van der Waals surface area contributed by atoms with E-state index in [4.69, 9.17) is 17.0 Å². The van der Waals surface area contributed by atoms with Crippen LogP contribution in [-0.2, 0) is 4.79 Å². The summed E-state index contributed by atoms with van der Waals surface area (Å²) >= 11 is 10.7. The number of methoxy groups -OCH3 is 1. The zero-order valence-corrected chi connectivity index (χ0v) is 15.1. The van der Waals surface area contributed by atoms with Gasteiger partial charge in [0.25, 0.3) is 5.91 Å². The van der Waals surface area contributed by atoms with Crippen molar-refractivity contribution in [1.82, 2.24) is 5.32 Å². The summed E-state index contributed by atoms with van der Waals surface area (Å²) in [5.74, 6) is 0.621. The van der Waals surface area contributed by atoms with Crippen LogP contribution in [0.3, 0.4) is 0 Å². The third kappa shape index (κ3) is 3.17. The number of halogens is 2. The minimum Gasteiger partial charge on any atom is -0.495 e. The molecular weight excluding hydrogens is 496 g/mol. The Bertz CT molecular complexity index is 572. The summed E-state index contributed by atoms with van der Waals surface area (Å²) < 4.78 is 7.97. The molecule has 1 heterocycles. The molecule has 1 N–H and O–H groups in total. The Morgan fingerprint density at radius 3 is 2.72 bits per heavy atom. The van der Waals surface area contributed by atoms with E-state index in [0.717, 1.165) is 18.5 Å². The number of carbonyl (C=O) groups excluding carboxylic acids is 1. The van der Waals surface area contributed by atoms with E-state index in [1.165, 1.54) is 11.8 Å². The summed E-state index contributed by atoms with van der Waals surface area (Å²) in [4.78, 5) is 12.2. The molecule has 1 aliphatic rings. The van der Waals surface area contributed by atoms with Gasteiger partial charge < -0.3 is 10.1 Å². The molecule has 0 atom stereocenters. The van der Waals surface area contributed by atoms with Gasteiger partial charge in [-0.25, -0.2) is 0 Å². The first kappa shape index (κ1) is 14.5. The molecule has 1 aromatic rings. The number of hydrogen-bond donors (Lipinski definition) is 1. The van der Waals surface area contributed by atoms with Crippen LogP contribution < -0.4 is 10.1 Å². The summed E-state index contributed by atoms with van der Waals surface area (Å²) in [5, 5.41) is 2.60. The topological polar surface area (TPSA) is 38.3 Å². The Morgan fingerprint density at radius 1 is 1.44 bits per heavy atom. The highest BCUT2D eigenvalue weighted by molar-refractivity contribution is 14.1. The minimum atomic E-state index is -0.152. The van der Waals surface area contributed by atoms with Crippen molar-refractivity contribution in [1.29, 1.82) is 0 Å². The summed E-state index contributed by atoms with van der Waals surface area (Å²) in [6.07, 6.45) is 1.81. The van der Waals surface area contributed by atoms with Crippen molar-refractivity contribution in [3.8, 4) is 5.75 Å². The van der Waals surface area contributed by atoms with Gasteiger partial charge in [0.2, 0.25) is 0 Å². The Labute approximate surface area is 141 Å². The fraction of sp³-hybridized carbons (Fsp3) is 0.0909. The number of carbonyl (C=O) groups is 1. The van der Waals surface area contributed by atoms with Crippen molar-refractivity contribution in [2.45, 2.75) is 0 Å². The van der Waals surface area contributed by atoms with Crippen LogP contribution in [0, 0.1) is 7.14 Å². The highest BCUT2D eigenvalue weighted by atomic mass is 127. The molecule has 1 saturated heterocycles. The predicted octanol–water partition coefficient (Wildman–Crippen LogP) is 3.39. The van der Waals surface area contributed by atoms with Gasteiger partial charge >= 0.3 is 0 Å². The van der Waals surface area contributed by atoms with Gasteiger partial charge in [-0.3, -0.25) is 4.79 Å². The Hall–Kier alpha value is 0.130. The lowest BCUT2D eigenvalue weighted by Gasteiger charge is -2.08. The van der Waals surface area contributed by atoms with Crippen LogP contribution in [0.2, 0.25) is 0 Å². The molecule has 1 aromatic carbocycles. The Kier molecular flexibility index (Phi) is 4.89. The number of benzene rings is 1. The van der Waals surface area contributed by atoms with E-state index in [1.807, 2.05) is 18.2 Å². The van der Waals surface area contributed by atoms with Crippen LogP contribution in [0.15, 0.2) is 17.0 Å². The summed E-state index contributed by atoms with van der Waals surface area (Å²) in [5.41, 5.74) is 0.885. The zero-order valence-electron chi connectivity index (χ0n) is 9.12. The number of rotatable bonds is 2. The molecule has 1 fully saturated rings. The maximum Gasteiger partial charge on any atom is 0.263 e. The van der Waals surface area contributed by atoms with E-state index in [9.17, 15) is 4.79 Å². The van der Waals surface area contributed by atoms with Crippen LogP contribution in [0.4, 0.5) is 0 Å². The maximum absolute atomic E-state index is 11.6. The van der Waals surface area contributed by atoms with Gasteiger partial charge in [0, 0.05) is 9.13 Å². The van der Waals surface area contributed by atoms with Gasteiger partial charge in [0.05, 0.1) is 15.6 Å². The van der Waals surface area contributed by atoms with E-state index < -0.39 is 0 Å². The number of thioether (sulfide) groups is 1. The van der Waals surface area contributed by atoms with E-state index >= 15 is 0 Å². The molecule has 1 aliphatic heterocycles. The molecule has 0 bridgehead atoms. The predicted molar refractivity (Wildman–Crippen MR) is 94.7 cm³/mol.